The number of carboxylic acid groups (broad SMARTS) is 1. The van der Waals surface area contributed by atoms with Crippen LogP contribution in [-0.2, 0) is 9.59 Å². The zero-order valence-corrected chi connectivity index (χ0v) is 13.6. The van der Waals surface area contributed by atoms with E-state index in [0.717, 1.165) is 5.56 Å². The fraction of sp³-hybridized carbons (Fsp3) is 0.263. The van der Waals surface area contributed by atoms with Gasteiger partial charge in [0.25, 0.3) is 5.91 Å². The number of aliphatic hydroxyl groups is 1. The second-order valence-corrected chi connectivity index (χ2v) is 5.84. The van der Waals surface area contributed by atoms with Crippen LogP contribution in [0, 0.1) is 12.8 Å². The molecule has 3 N–H and O–H groups in total. The van der Waals surface area contributed by atoms with Gasteiger partial charge in [-0.3, -0.25) is 9.59 Å². The number of nitrogens with one attached hydrogen (secondary N) is 1. The molecule has 0 unspecified atom stereocenters. The topological polar surface area (TPSA) is 86.6 Å². The van der Waals surface area contributed by atoms with Crippen molar-refractivity contribution in [3.05, 3.63) is 71.3 Å². The first-order chi connectivity index (χ1) is 11.4. The Morgan fingerprint density at radius 3 is 2.08 bits per heavy atom. The minimum absolute atomic E-state index is 0.459. The van der Waals surface area contributed by atoms with Crippen LogP contribution in [0.5, 0.6) is 0 Å². The third-order valence-corrected chi connectivity index (χ3v) is 3.99. The number of rotatable bonds is 6. The van der Waals surface area contributed by atoms with Crippen LogP contribution in [0.4, 0.5) is 0 Å². The van der Waals surface area contributed by atoms with Gasteiger partial charge in [0, 0.05) is 0 Å². The van der Waals surface area contributed by atoms with Gasteiger partial charge in [-0.2, -0.15) is 0 Å². The molecule has 0 aliphatic rings. The molecule has 0 aliphatic carbocycles. The summed E-state index contributed by atoms with van der Waals surface area (Å²) >= 11 is 0. The molecule has 0 spiro atoms. The Balaban J connectivity index is 2.23. The largest absolute Gasteiger partial charge is 0.481 e. The number of carboxylic acids is 1. The average Bonchev–Trinajstić information content (AvgIpc) is 2.59. The number of hydrogen-bond donors (Lipinski definition) is 3. The van der Waals surface area contributed by atoms with E-state index in [1.807, 2.05) is 19.1 Å². The fourth-order valence-electron chi connectivity index (χ4n) is 2.43. The molecule has 0 aliphatic heterocycles. The van der Waals surface area contributed by atoms with Crippen molar-refractivity contribution in [1.29, 1.82) is 0 Å². The minimum atomic E-state index is -1.35. The summed E-state index contributed by atoms with van der Waals surface area (Å²) in [6.07, 6.45) is -1.35. The summed E-state index contributed by atoms with van der Waals surface area (Å²) in [5, 5.41) is 22.2. The van der Waals surface area contributed by atoms with E-state index in [1.165, 1.54) is 6.92 Å². The molecule has 0 saturated carbocycles. The maximum absolute atomic E-state index is 12.4. The molecule has 0 aromatic heterocycles. The summed E-state index contributed by atoms with van der Waals surface area (Å²) in [6, 6.07) is 15.1. The molecule has 0 saturated heterocycles. The van der Waals surface area contributed by atoms with E-state index in [0.29, 0.717) is 11.1 Å². The third kappa shape index (κ3) is 4.20. The van der Waals surface area contributed by atoms with Gasteiger partial charge in [0.15, 0.2) is 6.10 Å². The van der Waals surface area contributed by atoms with Gasteiger partial charge in [-0.1, -0.05) is 60.2 Å². The molecule has 0 radical (unpaired) electrons. The van der Waals surface area contributed by atoms with Crippen LogP contribution in [0.25, 0.3) is 0 Å². The normalized spacial score (nSPS) is 14.5. The molecule has 0 fully saturated rings. The fourth-order valence-corrected chi connectivity index (χ4v) is 2.43. The van der Waals surface area contributed by atoms with E-state index in [2.05, 4.69) is 5.32 Å². The summed E-state index contributed by atoms with van der Waals surface area (Å²) in [7, 11) is 0. The quantitative estimate of drug-likeness (QED) is 0.761. The molecule has 2 aromatic rings. The smallest absolute Gasteiger partial charge is 0.308 e. The summed E-state index contributed by atoms with van der Waals surface area (Å²) in [6.45, 7) is 3.46. The van der Waals surface area contributed by atoms with Crippen LogP contribution in [-0.4, -0.2) is 22.1 Å². The number of carbonyl (C=O) groups excluding carboxylic acids is 1. The Kier molecular flexibility index (Phi) is 5.71. The van der Waals surface area contributed by atoms with Crippen molar-refractivity contribution in [2.45, 2.75) is 26.0 Å². The Hall–Kier alpha value is -2.66. The second kappa shape index (κ2) is 7.75. The predicted octanol–water partition coefficient (Wildman–Crippen LogP) is 2.61. The first-order valence-electron chi connectivity index (χ1n) is 7.73. The molecule has 2 aromatic carbocycles. The Labute approximate surface area is 141 Å². The lowest BCUT2D eigenvalue weighted by molar-refractivity contribution is -0.143. The molecular weight excluding hydrogens is 306 g/mol. The summed E-state index contributed by atoms with van der Waals surface area (Å²) in [5.41, 5.74) is 2.18. The Bertz CT molecular complexity index is 697. The first-order valence-corrected chi connectivity index (χ1v) is 7.73. The maximum atomic E-state index is 12.4. The third-order valence-electron chi connectivity index (χ3n) is 3.99. The number of hydrogen-bond acceptors (Lipinski definition) is 3. The van der Waals surface area contributed by atoms with Crippen molar-refractivity contribution >= 4 is 11.9 Å². The van der Waals surface area contributed by atoms with Crippen LogP contribution in [0.2, 0.25) is 0 Å². The van der Waals surface area contributed by atoms with E-state index in [-0.39, 0.29) is 0 Å². The van der Waals surface area contributed by atoms with Crippen LogP contribution < -0.4 is 5.32 Å². The monoisotopic (exact) mass is 327 g/mol. The first kappa shape index (κ1) is 17.7. The highest BCUT2D eigenvalue weighted by Crippen LogP contribution is 2.24. The van der Waals surface area contributed by atoms with E-state index >= 15 is 0 Å². The molecule has 0 heterocycles. The molecule has 24 heavy (non-hydrogen) atoms. The van der Waals surface area contributed by atoms with Gasteiger partial charge in [0.2, 0.25) is 0 Å². The number of amides is 1. The Morgan fingerprint density at radius 1 is 0.958 bits per heavy atom. The van der Waals surface area contributed by atoms with Gasteiger partial charge in [-0.25, -0.2) is 0 Å². The average molecular weight is 327 g/mol. The summed E-state index contributed by atoms with van der Waals surface area (Å²) in [4.78, 5) is 23.8. The number of benzene rings is 2. The van der Waals surface area contributed by atoms with Crippen molar-refractivity contribution in [2.24, 2.45) is 5.92 Å². The van der Waals surface area contributed by atoms with Crippen molar-refractivity contribution in [1.82, 2.24) is 5.32 Å². The molecule has 5 heteroatoms. The van der Waals surface area contributed by atoms with Gasteiger partial charge in [0.05, 0.1) is 12.0 Å². The highest BCUT2D eigenvalue weighted by atomic mass is 16.4. The van der Waals surface area contributed by atoms with Gasteiger partial charge < -0.3 is 15.5 Å². The number of aliphatic carboxylic acids is 1. The summed E-state index contributed by atoms with van der Waals surface area (Å²) < 4.78 is 0. The number of aryl methyl sites for hydroxylation is 1. The number of aliphatic hydroxyl groups excluding tert-OH is 1. The number of carbonyl (C=O) groups is 2. The SMILES string of the molecule is Cc1ccc([C@@H](NC(=O)[C@H](O)c2ccccc2)[C@@H](C)C(=O)O)cc1. The van der Waals surface area contributed by atoms with Crippen molar-refractivity contribution < 1.29 is 19.8 Å². The lowest BCUT2D eigenvalue weighted by Crippen LogP contribution is -2.38. The van der Waals surface area contributed by atoms with Crippen LogP contribution in [0.15, 0.2) is 54.6 Å². The van der Waals surface area contributed by atoms with Gasteiger partial charge in [-0.15, -0.1) is 0 Å². The zero-order valence-electron chi connectivity index (χ0n) is 13.6. The van der Waals surface area contributed by atoms with E-state index in [9.17, 15) is 19.8 Å². The Morgan fingerprint density at radius 2 is 1.54 bits per heavy atom. The zero-order chi connectivity index (χ0) is 17.7. The molecule has 126 valence electrons. The molecule has 5 nitrogen and oxygen atoms in total. The van der Waals surface area contributed by atoms with E-state index in [1.54, 1.807) is 42.5 Å². The van der Waals surface area contributed by atoms with E-state index in [4.69, 9.17) is 0 Å². The van der Waals surface area contributed by atoms with Gasteiger partial charge in [-0.05, 0) is 25.0 Å². The van der Waals surface area contributed by atoms with Crippen molar-refractivity contribution in [3.63, 3.8) is 0 Å². The second-order valence-electron chi connectivity index (χ2n) is 5.84. The predicted molar refractivity (Wildman–Crippen MR) is 90.3 cm³/mol. The van der Waals surface area contributed by atoms with Crippen molar-refractivity contribution in [3.8, 4) is 0 Å². The molecular formula is C19H21NO4. The standard InChI is InChI=1S/C19H21NO4/c1-12-8-10-14(11-9-12)16(13(2)19(23)24)20-18(22)17(21)15-6-4-3-5-7-15/h3-11,13,16-17,21H,1-2H3,(H,20,22)(H,23,24)/t13-,16+,17-/m1/s1. The van der Waals surface area contributed by atoms with Crippen LogP contribution in [0.1, 0.15) is 35.8 Å². The van der Waals surface area contributed by atoms with Gasteiger partial charge in [0.1, 0.15) is 0 Å². The van der Waals surface area contributed by atoms with Crippen LogP contribution >= 0.6 is 0 Å². The minimum Gasteiger partial charge on any atom is -0.481 e. The lowest BCUT2D eigenvalue weighted by atomic mass is 9.93. The van der Waals surface area contributed by atoms with Gasteiger partial charge >= 0.3 is 5.97 Å². The van der Waals surface area contributed by atoms with Crippen molar-refractivity contribution in [2.75, 3.05) is 0 Å². The highest BCUT2D eigenvalue weighted by Gasteiger charge is 2.29. The maximum Gasteiger partial charge on any atom is 0.308 e. The molecule has 2 rings (SSSR count). The van der Waals surface area contributed by atoms with Crippen LogP contribution in [0.3, 0.4) is 0 Å². The molecule has 3 atom stereocenters. The lowest BCUT2D eigenvalue weighted by Gasteiger charge is -2.24. The van der Waals surface area contributed by atoms with E-state index < -0.39 is 29.9 Å². The molecule has 1 amide bonds. The highest BCUT2D eigenvalue weighted by molar-refractivity contribution is 5.83. The summed E-state index contributed by atoms with van der Waals surface area (Å²) in [5.74, 6) is -2.48. The molecule has 0 bridgehead atoms.